The summed E-state index contributed by atoms with van der Waals surface area (Å²) in [5, 5.41) is 0. The maximum Gasteiger partial charge on any atom is 0.421 e. The Morgan fingerprint density at radius 3 is 2.04 bits per heavy atom. The number of hydrogen-bond donors (Lipinski definition) is 0. The zero-order valence-corrected chi connectivity index (χ0v) is 13.9. The summed E-state index contributed by atoms with van der Waals surface area (Å²) in [4.78, 5) is 23.4. The number of pyridine rings is 1. The number of halogens is 3. The van der Waals surface area contributed by atoms with Crippen molar-refractivity contribution in [3.8, 4) is 11.1 Å². The standard InChI is InChI=1S/C20H14F3NO3/c21-20(22,23)17-10-8-16(9-11-17)15-6-4-14(5-7-15)13-27-19(26)24-12-2-1-3-18(24)25/h1-12H,13H2. The van der Waals surface area contributed by atoms with Crippen LogP contribution in [0.2, 0.25) is 0 Å². The van der Waals surface area contributed by atoms with Crippen molar-refractivity contribution in [1.82, 2.24) is 4.57 Å². The summed E-state index contributed by atoms with van der Waals surface area (Å²) >= 11 is 0. The Balaban J connectivity index is 1.66. The molecule has 0 N–H and O–H groups in total. The molecule has 0 fully saturated rings. The Hall–Kier alpha value is -3.35. The van der Waals surface area contributed by atoms with Gasteiger partial charge in [0, 0.05) is 12.3 Å². The predicted octanol–water partition coefficient (Wildman–Crippen LogP) is 4.72. The van der Waals surface area contributed by atoms with Crippen LogP contribution in [0.15, 0.2) is 77.7 Å². The number of alkyl halides is 3. The zero-order chi connectivity index (χ0) is 19.4. The number of carbonyl (C=O) groups is 1. The number of aromatic nitrogens is 1. The maximum atomic E-state index is 12.6. The molecule has 1 aromatic heterocycles. The third-order valence-corrected chi connectivity index (χ3v) is 3.88. The third-order valence-electron chi connectivity index (χ3n) is 3.88. The first-order chi connectivity index (χ1) is 12.8. The van der Waals surface area contributed by atoms with Crippen molar-refractivity contribution in [3.63, 3.8) is 0 Å². The molecule has 0 spiro atoms. The van der Waals surface area contributed by atoms with E-state index in [1.54, 1.807) is 30.3 Å². The Morgan fingerprint density at radius 2 is 1.48 bits per heavy atom. The fourth-order valence-electron chi connectivity index (χ4n) is 2.44. The molecule has 138 valence electrons. The van der Waals surface area contributed by atoms with Crippen molar-refractivity contribution in [3.05, 3.63) is 94.4 Å². The first kappa shape index (κ1) is 18.4. The predicted molar refractivity (Wildman–Crippen MR) is 93.2 cm³/mol. The lowest BCUT2D eigenvalue weighted by atomic mass is 10.0. The highest BCUT2D eigenvalue weighted by atomic mass is 19.4. The van der Waals surface area contributed by atoms with E-state index >= 15 is 0 Å². The first-order valence-corrected chi connectivity index (χ1v) is 7.96. The van der Waals surface area contributed by atoms with Crippen LogP contribution in [0.1, 0.15) is 11.1 Å². The summed E-state index contributed by atoms with van der Waals surface area (Å²) in [5.74, 6) is 0. The van der Waals surface area contributed by atoms with Crippen LogP contribution in [-0.4, -0.2) is 10.7 Å². The smallest absolute Gasteiger partial charge is 0.421 e. The number of rotatable bonds is 3. The van der Waals surface area contributed by atoms with Gasteiger partial charge in [-0.3, -0.25) is 4.79 Å². The van der Waals surface area contributed by atoms with Gasteiger partial charge in [-0.05, 0) is 34.9 Å². The van der Waals surface area contributed by atoms with E-state index in [0.717, 1.165) is 22.3 Å². The molecule has 0 aliphatic heterocycles. The second-order valence-electron chi connectivity index (χ2n) is 5.74. The van der Waals surface area contributed by atoms with Gasteiger partial charge in [0.05, 0.1) is 5.56 Å². The highest BCUT2D eigenvalue weighted by Gasteiger charge is 2.29. The molecule has 2 aromatic carbocycles. The van der Waals surface area contributed by atoms with Crippen LogP contribution in [0, 0.1) is 0 Å². The van der Waals surface area contributed by atoms with E-state index in [2.05, 4.69) is 0 Å². The number of nitrogens with zero attached hydrogens (tertiary/aromatic N) is 1. The molecule has 0 bridgehead atoms. The summed E-state index contributed by atoms with van der Waals surface area (Å²) in [6.45, 7) is -0.0343. The summed E-state index contributed by atoms with van der Waals surface area (Å²) in [6, 6.07) is 16.0. The largest absolute Gasteiger partial charge is 0.444 e. The van der Waals surface area contributed by atoms with Gasteiger partial charge in [0.15, 0.2) is 0 Å². The monoisotopic (exact) mass is 373 g/mol. The lowest BCUT2D eigenvalue weighted by molar-refractivity contribution is -0.137. The SMILES string of the molecule is O=C(OCc1ccc(-c2ccc(C(F)(F)F)cc2)cc1)n1ccccc1=O. The lowest BCUT2D eigenvalue weighted by Crippen LogP contribution is -2.26. The van der Waals surface area contributed by atoms with Gasteiger partial charge < -0.3 is 4.74 Å². The van der Waals surface area contributed by atoms with E-state index in [-0.39, 0.29) is 6.61 Å². The zero-order valence-electron chi connectivity index (χ0n) is 13.9. The van der Waals surface area contributed by atoms with E-state index in [9.17, 15) is 22.8 Å². The minimum atomic E-state index is -4.37. The Bertz CT molecular complexity index is 990. The molecule has 4 nitrogen and oxygen atoms in total. The molecule has 0 amide bonds. The van der Waals surface area contributed by atoms with Crippen LogP contribution in [0.25, 0.3) is 11.1 Å². The topological polar surface area (TPSA) is 48.3 Å². The fourth-order valence-corrected chi connectivity index (χ4v) is 2.44. The molecule has 27 heavy (non-hydrogen) atoms. The number of hydrogen-bond acceptors (Lipinski definition) is 3. The van der Waals surface area contributed by atoms with Crippen molar-refractivity contribution in [2.24, 2.45) is 0 Å². The van der Waals surface area contributed by atoms with Crippen LogP contribution in [0.5, 0.6) is 0 Å². The van der Waals surface area contributed by atoms with Crippen molar-refractivity contribution in [2.75, 3.05) is 0 Å². The molecule has 0 saturated carbocycles. The molecule has 0 aliphatic rings. The van der Waals surface area contributed by atoms with Gasteiger partial charge in [0.2, 0.25) is 0 Å². The molecule has 0 unspecified atom stereocenters. The first-order valence-electron chi connectivity index (χ1n) is 7.96. The van der Waals surface area contributed by atoms with Crippen molar-refractivity contribution < 1.29 is 22.7 Å². The lowest BCUT2D eigenvalue weighted by Gasteiger charge is -2.09. The molecule has 3 rings (SSSR count). The summed E-state index contributed by atoms with van der Waals surface area (Å²) in [6.07, 6.45) is -3.84. The Kier molecular flexibility index (Phi) is 5.12. The second kappa shape index (κ2) is 7.49. The molecular formula is C20H14F3NO3. The van der Waals surface area contributed by atoms with Gasteiger partial charge in [0.1, 0.15) is 6.61 Å². The maximum absolute atomic E-state index is 12.6. The van der Waals surface area contributed by atoms with E-state index < -0.39 is 23.4 Å². The Morgan fingerprint density at radius 1 is 0.889 bits per heavy atom. The number of carbonyl (C=O) groups excluding carboxylic acids is 1. The average molecular weight is 373 g/mol. The van der Waals surface area contributed by atoms with Crippen LogP contribution >= 0.6 is 0 Å². The average Bonchev–Trinajstić information content (AvgIpc) is 2.66. The van der Waals surface area contributed by atoms with Crippen LogP contribution in [0.3, 0.4) is 0 Å². The molecular weight excluding hydrogens is 359 g/mol. The van der Waals surface area contributed by atoms with E-state index in [0.29, 0.717) is 11.1 Å². The molecule has 0 saturated heterocycles. The van der Waals surface area contributed by atoms with Gasteiger partial charge in [-0.1, -0.05) is 42.5 Å². The second-order valence-corrected chi connectivity index (χ2v) is 5.74. The molecule has 0 radical (unpaired) electrons. The normalized spacial score (nSPS) is 11.2. The van der Waals surface area contributed by atoms with Crippen molar-refractivity contribution in [2.45, 2.75) is 12.8 Å². The quantitative estimate of drug-likeness (QED) is 0.668. The summed E-state index contributed by atoms with van der Waals surface area (Å²) < 4.78 is 43.8. The van der Waals surface area contributed by atoms with Crippen molar-refractivity contribution in [1.29, 1.82) is 0 Å². The minimum Gasteiger partial charge on any atom is -0.444 e. The molecule has 0 atom stereocenters. The third kappa shape index (κ3) is 4.44. The Labute approximate surface area is 152 Å². The van der Waals surface area contributed by atoms with Crippen molar-refractivity contribution >= 4 is 6.09 Å². The molecule has 7 heteroatoms. The summed E-state index contributed by atoms with van der Waals surface area (Å²) in [5.41, 5.74) is 0.870. The van der Waals surface area contributed by atoms with E-state index in [1.807, 2.05) is 0 Å². The van der Waals surface area contributed by atoms with Gasteiger partial charge in [0.25, 0.3) is 5.56 Å². The van der Waals surface area contributed by atoms with Crippen LogP contribution < -0.4 is 5.56 Å². The van der Waals surface area contributed by atoms with Gasteiger partial charge in [-0.25, -0.2) is 9.36 Å². The number of benzene rings is 2. The number of ether oxygens (including phenoxy) is 1. The highest BCUT2D eigenvalue weighted by molar-refractivity contribution is 5.70. The minimum absolute atomic E-state index is 0.0343. The molecule has 0 aliphatic carbocycles. The van der Waals surface area contributed by atoms with E-state index in [1.165, 1.54) is 30.5 Å². The van der Waals surface area contributed by atoms with Gasteiger partial charge >= 0.3 is 12.3 Å². The van der Waals surface area contributed by atoms with Crippen LogP contribution in [0.4, 0.5) is 18.0 Å². The van der Waals surface area contributed by atoms with Gasteiger partial charge in [-0.15, -0.1) is 0 Å². The fraction of sp³-hybridized carbons (Fsp3) is 0.100. The molecule has 1 heterocycles. The van der Waals surface area contributed by atoms with Crippen LogP contribution in [-0.2, 0) is 17.5 Å². The molecule has 3 aromatic rings. The van der Waals surface area contributed by atoms with Gasteiger partial charge in [-0.2, -0.15) is 13.2 Å². The van der Waals surface area contributed by atoms with E-state index in [4.69, 9.17) is 4.74 Å². The summed E-state index contributed by atoms with van der Waals surface area (Å²) in [7, 11) is 0. The highest BCUT2D eigenvalue weighted by Crippen LogP contribution is 2.31.